The number of nitrogens with one attached hydrogen (secondary N) is 1. The van der Waals surface area contributed by atoms with Gasteiger partial charge in [-0.1, -0.05) is 57.3 Å². The molecule has 1 aliphatic carbocycles. The molecule has 0 unspecified atom stereocenters. The predicted molar refractivity (Wildman–Crippen MR) is 93.2 cm³/mol. The van der Waals surface area contributed by atoms with Crippen LogP contribution in [0.3, 0.4) is 0 Å². The lowest BCUT2D eigenvalue weighted by Gasteiger charge is -2.02. The molecule has 0 amide bonds. The topological polar surface area (TPSA) is 50.1 Å². The lowest BCUT2D eigenvalue weighted by molar-refractivity contribution is -0.142. The summed E-state index contributed by atoms with van der Waals surface area (Å²) in [5, 5.41) is 7.06. The van der Waals surface area contributed by atoms with E-state index in [4.69, 9.17) is 10.1 Å². The monoisotopic (exact) mass is 299 g/mol. The zero-order valence-electron chi connectivity index (χ0n) is 12.6. The van der Waals surface area contributed by atoms with Crippen LogP contribution in [0.1, 0.15) is 32.4 Å². The van der Waals surface area contributed by atoms with Crippen molar-refractivity contribution in [1.29, 1.82) is 5.41 Å². The fraction of sp³-hybridized carbons (Fsp3) is 0.263. The molecule has 0 heterocycles. The summed E-state index contributed by atoms with van der Waals surface area (Å²) in [5.74, 6) is -0.237. The van der Waals surface area contributed by atoms with E-state index in [0.29, 0.717) is 12.3 Å². The van der Waals surface area contributed by atoms with E-state index in [1.165, 1.54) is 12.5 Å². The molecule has 22 heavy (non-hydrogen) atoms. The minimum absolute atomic E-state index is 0. The van der Waals surface area contributed by atoms with E-state index in [9.17, 15) is 4.79 Å². The molecule has 0 fully saturated rings. The lowest BCUT2D eigenvalue weighted by atomic mass is 10.1. The molecule has 1 N–H and O–H groups in total. The number of hydrogen-bond donors (Lipinski definition) is 1. The highest BCUT2D eigenvalue weighted by atomic mass is 16.5. The second-order valence-corrected chi connectivity index (χ2v) is 4.65. The Balaban J connectivity index is 0.000000423. The van der Waals surface area contributed by atoms with Crippen molar-refractivity contribution in [2.24, 2.45) is 0 Å². The smallest absolute Gasteiger partial charge is 0.302 e. The first-order valence-corrected chi connectivity index (χ1v) is 6.86. The van der Waals surface area contributed by atoms with Gasteiger partial charge in [0.1, 0.15) is 6.61 Å². The normalized spacial score (nSPS) is 12.1. The van der Waals surface area contributed by atoms with Crippen LogP contribution >= 0.6 is 0 Å². The molecule has 0 bridgehead atoms. The number of esters is 1. The van der Waals surface area contributed by atoms with Crippen LogP contribution in [0, 0.1) is 5.41 Å². The molecule has 0 saturated carbocycles. The molecule has 2 rings (SSSR count). The largest absolute Gasteiger partial charge is 0.461 e. The maximum absolute atomic E-state index is 10.5. The quantitative estimate of drug-likeness (QED) is 0.827. The third-order valence-electron chi connectivity index (χ3n) is 2.83. The first-order valence-electron chi connectivity index (χ1n) is 6.86. The van der Waals surface area contributed by atoms with E-state index in [1.54, 1.807) is 12.2 Å². The van der Waals surface area contributed by atoms with Gasteiger partial charge in [0, 0.05) is 6.92 Å². The number of carbonyl (C=O) groups is 1. The van der Waals surface area contributed by atoms with Gasteiger partial charge in [-0.25, -0.2) is 0 Å². The first kappa shape index (κ1) is 19.6. The van der Waals surface area contributed by atoms with Crippen molar-refractivity contribution in [2.45, 2.75) is 34.3 Å². The molecule has 118 valence electrons. The van der Waals surface area contributed by atoms with Crippen LogP contribution in [-0.4, -0.2) is 11.7 Å². The second kappa shape index (κ2) is 10.3. The standard InChI is InChI=1S/C11H14O2.C7H7N.CH4/c1-3-10-4-6-11(7-5-10)8-13-9(2)12;1-6-2-4-7(8)5-3-6;/h4-7H,3,8H2,1-2H3;2-5,8H,1H2;1H4. The van der Waals surface area contributed by atoms with Gasteiger partial charge in [0.2, 0.25) is 0 Å². The molecule has 1 aliphatic rings. The van der Waals surface area contributed by atoms with Crippen LogP contribution in [0.4, 0.5) is 0 Å². The van der Waals surface area contributed by atoms with Crippen molar-refractivity contribution >= 4 is 11.7 Å². The van der Waals surface area contributed by atoms with E-state index in [2.05, 4.69) is 25.6 Å². The van der Waals surface area contributed by atoms with E-state index in [0.717, 1.165) is 17.6 Å². The Kier molecular flexibility index (Phi) is 9.19. The Labute approximate surface area is 133 Å². The minimum Gasteiger partial charge on any atom is -0.461 e. The van der Waals surface area contributed by atoms with Crippen molar-refractivity contribution in [2.75, 3.05) is 0 Å². The zero-order valence-corrected chi connectivity index (χ0v) is 12.6. The summed E-state index contributed by atoms with van der Waals surface area (Å²) < 4.78 is 4.86. The van der Waals surface area contributed by atoms with Gasteiger partial charge in [-0.15, -0.1) is 0 Å². The number of hydrogen-bond acceptors (Lipinski definition) is 3. The number of aryl methyl sites for hydroxylation is 1. The Hall–Kier alpha value is -2.42. The SMILES string of the molecule is C.C=C1C=CC(=N)C=C1.CCc1ccc(COC(C)=O)cc1. The molecular weight excluding hydrogens is 274 g/mol. The minimum atomic E-state index is -0.237. The van der Waals surface area contributed by atoms with Crippen LogP contribution in [0.5, 0.6) is 0 Å². The summed E-state index contributed by atoms with van der Waals surface area (Å²) in [6, 6.07) is 8.08. The Morgan fingerprint density at radius 2 is 1.59 bits per heavy atom. The van der Waals surface area contributed by atoms with E-state index in [1.807, 2.05) is 24.3 Å². The number of ether oxygens (including phenoxy) is 1. The summed E-state index contributed by atoms with van der Waals surface area (Å²) in [5.41, 5.74) is 3.83. The van der Waals surface area contributed by atoms with Crippen LogP contribution in [0.15, 0.2) is 60.7 Å². The van der Waals surface area contributed by atoms with E-state index >= 15 is 0 Å². The van der Waals surface area contributed by atoms with Crippen molar-refractivity contribution < 1.29 is 9.53 Å². The van der Waals surface area contributed by atoms with Crippen LogP contribution in [0.2, 0.25) is 0 Å². The van der Waals surface area contributed by atoms with Crippen LogP contribution in [-0.2, 0) is 22.6 Å². The van der Waals surface area contributed by atoms with Gasteiger partial charge in [-0.05, 0) is 35.3 Å². The molecule has 0 aliphatic heterocycles. The van der Waals surface area contributed by atoms with Crippen LogP contribution in [0.25, 0.3) is 0 Å². The van der Waals surface area contributed by atoms with Gasteiger partial charge in [-0.2, -0.15) is 0 Å². The van der Waals surface area contributed by atoms with Crippen molar-refractivity contribution in [3.63, 3.8) is 0 Å². The molecule has 0 aromatic heterocycles. The van der Waals surface area contributed by atoms with Crippen molar-refractivity contribution in [3.05, 3.63) is 71.8 Å². The summed E-state index contributed by atoms with van der Waals surface area (Å²) in [4.78, 5) is 10.5. The highest BCUT2D eigenvalue weighted by molar-refractivity contribution is 6.03. The predicted octanol–water partition coefficient (Wildman–Crippen LogP) is 4.64. The summed E-state index contributed by atoms with van der Waals surface area (Å²) in [7, 11) is 0. The molecule has 0 saturated heterocycles. The average molecular weight is 299 g/mol. The third-order valence-corrected chi connectivity index (χ3v) is 2.83. The zero-order chi connectivity index (χ0) is 15.7. The Bertz CT molecular complexity index is 528. The van der Waals surface area contributed by atoms with Gasteiger partial charge < -0.3 is 10.1 Å². The highest BCUT2D eigenvalue weighted by Gasteiger charge is 1.95. The highest BCUT2D eigenvalue weighted by Crippen LogP contribution is 2.06. The summed E-state index contributed by atoms with van der Waals surface area (Å²) in [6.07, 6.45) is 8.13. The molecule has 0 spiro atoms. The molecule has 3 heteroatoms. The molecular formula is C19H25NO2. The van der Waals surface area contributed by atoms with Crippen molar-refractivity contribution in [3.8, 4) is 0 Å². The maximum atomic E-state index is 10.5. The third kappa shape index (κ3) is 8.00. The average Bonchev–Trinajstić information content (AvgIpc) is 2.49. The Morgan fingerprint density at radius 3 is 2.00 bits per heavy atom. The number of allylic oxidation sites excluding steroid dienone is 5. The summed E-state index contributed by atoms with van der Waals surface area (Å²) >= 11 is 0. The number of carbonyl (C=O) groups excluding carboxylic acids is 1. The van der Waals surface area contributed by atoms with Crippen LogP contribution < -0.4 is 0 Å². The number of rotatable bonds is 3. The van der Waals surface area contributed by atoms with Gasteiger partial charge in [-0.3, -0.25) is 4.79 Å². The molecule has 0 radical (unpaired) electrons. The van der Waals surface area contributed by atoms with Gasteiger partial charge in [0.05, 0.1) is 5.71 Å². The molecule has 1 aromatic rings. The fourth-order valence-electron chi connectivity index (χ4n) is 1.56. The number of benzene rings is 1. The molecule has 1 aromatic carbocycles. The fourth-order valence-corrected chi connectivity index (χ4v) is 1.56. The van der Waals surface area contributed by atoms with Crippen molar-refractivity contribution in [1.82, 2.24) is 0 Å². The van der Waals surface area contributed by atoms with E-state index < -0.39 is 0 Å². The van der Waals surface area contributed by atoms with E-state index in [-0.39, 0.29) is 13.4 Å². The second-order valence-electron chi connectivity index (χ2n) is 4.65. The van der Waals surface area contributed by atoms with Gasteiger partial charge in [0.25, 0.3) is 0 Å². The van der Waals surface area contributed by atoms with Gasteiger partial charge in [0.15, 0.2) is 0 Å². The lowest BCUT2D eigenvalue weighted by Crippen LogP contribution is -1.98. The Morgan fingerprint density at radius 1 is 1.09 bits per heavy atom. The molecule has 3 nitrogen and oxygen atoms in total. The molecule has 0 atom stereocenters. The van der Waals surface area contributed by atoms with Gasteiger partial charge >= 0.3 is 5.97 Å². The maximum Gasteiger partial charge on any atom is 0.302 e. The first-order chi connectivity index (χ1) is 10.0. The summed E-state index contributed by atoms with van der Waals surface area (Å²) in [6.45, 7) is 7.58.